The number of fused-ring (bicyclic) bond motifs is 1. The van der Waals surface area contributed by atoms with Crippen LogP contribution in [0, 0.1) is 13.8 Å². The monoisotopic (exact) mass is 398 g/mol. The third kappa shape index (κ3) is 3.59. The molecule has 1 N–H and O–H groups in total. The van der Waals surface area contributed by atoms with Gasteiger partial charge in [0.1, 0.15) is 11.2 Å². The Labute approximate surface area is 174 Å². The predicted molar refractivity (Wildman–Crippen MR) is 119 cm³/mol. The fraction of sp³-hybridized carbons (Fsp3) is 0.167. The van der Waals surface area contributed by atoms with E-state index < -0.39 is 0 Å². The first-order valence-electron chi connectivity index (χ1n) is 9.82. The number of benzene rings is 2. The molecule has 30 heavy (non-hydrogen) atoms. The van der Waals surface area contributed by atoms with Crippen molar-refractivity contribution in [1.29, 1.82) is 0 Å². The summed E-state index contributed by atoms with van der Waals surface area (Å²) in [6, 6.07) is 16.4. The van der Waals surface area contributed by atoms with Gasteiger partial charge in [-0.05, 0) is 56.7 Å². The van der Waals surface area contributed by atoms with Gasteiger partial charge in [0.2, 0.25) is 0 Å². The fourth-order valence-corrected chi connectivity index (χ4v) is 3.49. The minimum atomic E-state index is -0.199. The molecule has 0 bridgehead atoms. The van der Waals surface area contributed by atoms with Crippen LogP contribution >= 0.6 is 0 Å². The first-order chi connectivity index (χ1) is 14.5. The summed E-state index contributed by atoms with van der Waals surface area (Å²) in [4.78, 5) is 34.4. The summed E-state index contributed by atoms with van der Waals surface area (Å²) in [5.41, 5.74) is 5.48. The summed E-state index contributed by atoms with van der Waals surface area (Å²) >= 11 is 0. The number of nitrogens with one attached hydrogen (secondary N) is 1. The zero-order valence-electron chi connectivity index (χ0n) is 17.1. The van der Waals surface area contributed by atoms with Crippen LogP contribution < -0.4 is 10.9 Å². The zero-order valence-corrected chi connectivity index (χ0v) is 17.1. The molecule has 0 saturated heterocycles. The standard InChI is InChI=1S/C24H22N4O2/c1-4-28-22-20(6-5-13-25-22)26-21(24(28)30)17-8-10-18(11-9-17)23(29)27-19-12-7-15(2)14-16(19)3/h5-14H,4H2,1-3H3,(H,27,29). The molecule has 0 aliphatic rings. The number of rotatable bonds is 4. The highest BCUT2D eigenvalue weighted by Crippen LogP contribution is 2.20. The Bertz CT molecular complexity index is 1310. The molecule has 4 aromatic rings. The number of hydrogen-bond acceptors (Lipinski definition) is 4. The van der Waals surface area contributed by atoms with Gasteiger partial charge in [-0.15, -0.1) is 0 Å². The first-order valence-corrected chi connectivity index (χ1v) is 9.82. The van der Waals surface area contributed by atoms with Gasteiger partial charge in [0.25, 0.3) is 11.5 Å². The number of amides is 1. The van der Waals surface area contributed by atoms with E-state index in [0.29, 0.717) is 34.5 Å². The van der Waals surface area contributed by atoms with Gasteiger partial charge in [0.15, 0.2) is 5.65 Å². The molecular formula is C24H22N4O2. The fourth-order valence-electron chi connectivity index (χ4n) is 3.49. The second kappa shape index (κ2) is 7.91. The molecule has 6 heteroatoms. The van der Waals surface area contributed by atoms with Crippen molar-refractivity contribution < 1.29 is 4.79 Å². The molecule has 6 nitrogen and oxygen atoms in total. The highest BCUT2D eigenvalue weighted by Gasteiger charge is 2.14. The smallest absolute Gasteiger partial charge is 0.278 e. The van der Waals surface area contributed by atoms with Crippen LogP contribution in [0.2, 0.25) is 0 Å². The van der Waals surface area contributed by atoms with Crippen LogP contribution in [0.5, 0.6) is 0 Å². The van der Waals surface area contributed by atoms with E-state index in [0.717, 1.165) is 16.8 Å². The number of hydrogen-bond donors (Lipinski definition) is 1. The Kier molecular flexibility index (Phi) is 5.14. The summed E-state index contributed by atoms with van der Waals surface area (Å²) < 4.78 is 1.61. The summed E-state index contributed by atoms with van der Waals surface area (Å²) in [6.45, 7) is 6.38. The number of pyridine rings is 1. The van der Waals surface area contributed by atoms with Crippen LogP contribution in [-0.4, -0.2) is 20.4 Å². The molecule has 0 unspecified atom stereocenters. The molecule has 2 aromatic carbocycles. The molecule has 0 atom stereocenters. The molecule has 0 saturated carbocycles. The zero-order chi connectivity index (χ0) is 21.3. The second-order valence-electron chi connectivity index (χ2n) is 7.21. The van der Waals surface area contributed by atoms with Crippen LogP contribution in [0.3, 0.4) is 0 Å². The molecule has 0 spiro atoms. The van der Waals surface area contributed by atoms with Gasteiger partial charge in [0.05, 0.1) is 0 Å². The Hall–Kier alpha value is -3.80. The highest BCUT2D eigenvalue weighted by molar-refractivity contribution is 6.04. The Balaban J connectivity index is 1.66. The number of carbonyl (C=O) groups is 1. The average Bonchev–Trinajstić information content (AvgIpc) is 2.75. The molecule has 0 radical (unpaired) electrons. The largest absolute Gasteiger partial charge is 0.322 e. The van der Waals surface area contributed by atoms with Gasteiger partial charge >= 0.3 is 0 Å². The third-order valence-corrected chi connectivity index (χ3v) is 5.07. The topological polar surface area (TPSA) is 76.9 Å². The molecule has 2 aromatic heterocycles. The van der Waals surface area contributed by atoms with Crippen LogP contribution in [0.25, 0.3) is 22.4 Å². The molecular weight excluding hydrogens is 376 g/mol. The van der Waals surface area contributed by atoms with Crippen molar-refractivity contribution in [2.45, 2.75) is 27.3 Å². The van der Waals surface area contributed by atoms with E-state index in [1.54, 1.807) is 41.1 Å². The van der Waals surface area contributed by atoms with Crippen molar-refractivity contribution in [2.24, 2.45) is 0 Å². The van der Waals surface area contributed by atoms with E-state index in [4.69, 9.17) is 0 Å². The number of aryl methyl sites for hydroxylation is 3. The van der Waals surface area contributed by atoms with E-state index >= 15 is 0 Å². The number of nitrogens with zero attached hydrogens (tertiary/aromatic N) is 3. The van der Waals surface area contributed by atoms with Crippen molar-refractivity contribution >= 4 is 22.8 Å². The maximum atomic E-state index is 12.9. The van der Waals surface area contributed by atoms with Gasteiger partial charge in [0, 0.05) is 29.6 Å². The second-order valence-corrected chi connectivity index (χ2v) is 7.21. The first kappa shape index (κ1) is 19.5. The maximum absolute atomic E-state index is 12.9. The number of anilines is 1. The SMILES string of the molecule is CCn1c(=O)c(-c2ccc(C(=O)Nc3ccc(C)cc3C)cc2)nc2cccnc21. The highest BCUT2D eigenvalue weighted by atomic mass is 16.1. The lowest BCUT2D eigenvalue weighted by atomic mass is 10.1. The van der Waals surface area contributed by atoms with Crippen molar-refractivity contribution in [2.75, 3.05) is 5.32 Å². The van der Waals surface area contributed by atoms with E-state index in [1.165, 1.54) is 0 Å². The minimum absolute atomic E-state index is 0.198. The van der Waals surface area contributed by atoms with Crippen molar-refractivity contribution in [1.82, 2.24) is 14.5 Å². The number of carbonyl (C=O) groups excluding carboxylic acids is 1. The lowest BCUT2D eigenvalue weighted by Gasteiger charge is -2.11. The lowest BCUT2D eigenvalue weighted by Crippen LogP contribution is -2.23. The van der Waals surface area contributed by atoms with Gasteiger partial charge in [-0.1, -0.05) is 29.8 Å². The molecule has 2 heterocycles. The molecule has 150 valence electrons. The van der Waals surface area contributed by atoms with E-state index in [1.807, 2.05) is 45.0 Å². The van der Waals surface area contributed by atoms with Crippen molar-refractivity contribution in [3.8, 4) is 11.3 Å². The van der Waals surface area contributed by atoms with Crippen LogP contribution in [0.15, 0.2) is 65.6 Å². The van der Waals surface area contributed by atoms with Crippen LogP contribution in [-0.2, 0) is 6.54 Å². The lowest BCUT2D eigenvalue weighted by molar-refractivity contribution is 0.102. The Morgan fingerprint density at radius 1 is 1.07 bits per heavy atom. The summed E-state index contributed by atoms with van der Waals surface area (Å²) in [6.07, 6.45) is 1.65. The quantitative estimate of drug-likeness (QED) is 0.554. The van der Waals surface area contributed by atoms with E-state index in [2.05, 4.69) is 15.3 Å². The molecule has 1 amide bonds. The van der Waals surface area contributed by atoms with Crippen molar-refractivity contribution in [3.63, 3.8) is 0 Å². The Morgan fingerprint density at radius 2 is 1.83 bits per heavy atom. The Morgan fingerprint density at radius 3 is 2.53 bits per heavy atom. The normalized spacial score (nSPS) is 10.9. The summed E-state index contributed by atoms with van der Waals surface area (Å²) in [5.74, 6) is -0.199. The number of aromatic nitrogens is 3. The van der Waals surface area contributed by atoms with Gasteiger partial charge < -0.3 is 5.32 Å². The van der Waals surface area contributed by atoms with Crippen LogP contribution in [0.4, 0.5) is 5.69 Å². The van der Waals surface area contributed by atoms with E-state index in [9.17, 15) is 9.59 Å². The van der Waals surface area contributed by atoms with Gasteiger partial charge in [-0.3, -0.25) is 14.2 Å². The summed E-state index contributed by atoms with van der Waals surface area (Å²) in [5, 5.41) is 2.94. The molecule has 0 fully saturated rings. The van der Waals surface area contributed by atoms with Gasteiger partial charge in [-0.25, -0.2) is 9.97 Å². The molecule has 0 aliphatic heterocycles. The van der Waals surface area contributed by atoms with Crippen LogP contribution in [0.1, 0.15) is 28.4 Å². The van der Waals surface area contributed by atoms with E-state index in [-0.39, 0.29) is 11.5 Å². The van der Waals surface area contributed by atoms with Crippen molar-refractivity contribution in [3.05, 3.63) is 87.8 Å². The average molecular weight is 398 g/mol. The maximum Gasteiger partial charge on any atom is 0.278 e. The molecule has 0 aliphatic carbocycles. The molecule has 4 rings (SSSR count). The minimum Gasteiger partial charge on any atom is -0.322 e. The third-order valence-electron chi connectivity index (χ3n) is 5.07. The summed E-state index contributed by atoms with van der Waals surface area (Å²) in [7, 11) is 0. The van der Waals surface area contributed by atoms with Gasteiger partial charge in [-0.2, -0.15) is 0 Å². The predicted octanol–water partition coefficient (Wildman–Crippen LogP) is 4.35.